The molecule has 7 heteroatoms. The van der Waals surface area contributed by atoms with Crippen molar-refractivity contribution in [3.05, 3.63) is 29.6 Å². The number of carbonyl (C=O) groups is 1. The Bertz CT molecular complexity index is 453. The first-order chi connectivity index (χ1) is 8.52. The van der Waals surface area contributed by atoms with Crippen molar-refractivity contribution in [2.45, 2.75) is 20.0 Å². The van der Waals surface area contributed by atoms with Crippen LogP contribution in [0.1, 0.15) is 29.9 Å². The summed E-state index contributed by atoms with van der Waals surface area (Å²) < 4.78 is 22.5. The Balaban J connectivity index is 3.01. The minimum Gasteiger partial charge on any atom is -0.478 e. The fourth-order valence-electron chi connectivity index (χ4n) is 1.46. The van der Waals surface area contributed by atoms with E-state index in [0.29, 0.717) is 0 Å². The van der Waals surface area contributed by atoms with Crippen LogP contribution in [0, 0.1) is 0 Å². The molecule has 0 radical (unpaired) electrons. The highest BCUT2D eigenvalue weighted by Gasteiger charge is 2.27. The van der Waals surface area contributed by atoms with E-state index in [-0.39, 0.29) is 30.6 Å². The molecule has 100 valence electrons. The number of aromatic nitrogens is 1. The number of carboxylic acids is 1. The molecule has 0 amide bonds. The summed E-state index contributed by atoms with van der Waals surface area (Å²) in [6.45, 7) is 3.85. The first-order valence-corrected chi connectivity index (χ1v) is 7.30. The van der Waals surface area contributed by atoms with Gasteiger partial charge in [-0.1, -0.05) is 0 Å². The molecular weight excluding hydrogens is 257 g/mol. The third-order valence-electron chi connectivity index (χ3n) is 2.12. The predicted molar refractivity (Wildman–Crippen MR) is 65.8 cm³/mol. The molecule has 0 atom stereocenters. The molecule has 1 aromatic heterocycles. The molecule has 18 heavy (non-hydrogen) atoms. The fraction of sp³-hybridized carbons (Fsp3) is 0.455. The van der Waals surface area contributed by atoms with Gasteiger partial charge in [-0.05, 0) is 26.0 Å². The number of nitrogens with zero attached hydrogens (tertiary/aromatic N) is 1. The molecule has 0 aliphatic rings. The van der Waals surface area contributed by atoms with E-state index in [1.165, 1.54) is 18.3 Å². The molecular formula is C11H16NO5P. The van der Waals surface area contributed by atoms with Crippen LogP contribution in [0.25, 0.3) is 0 Å². The van der Waals surface area contributed by atoms with Gasteiger partial charge in [-0.15, -0.1) is 0 Å². The molecule has 1 rings (SSSR count). The maximum atomic E-state index is 12.3. The average Bonchev–Trinajstić information content (AvgIpc) is 2.29. The molecule has 0 aromatic carbocycles. The summed E-state index contributed by atoms with van der Waals surface area (Å²) in [5, 5.41) is 9.01. The number of rotatable bonds is 7. The first kappa shape index (κ1) is 14.8. The minimum atomic E-state index is -3.33. The zero-order chi connectivity index (χ0) is 13.6. The lowest BCUT2D eigenvalue weighted by atomic mass is 10.2. The van der Waals surface area contributed by atoms with Crippen molar-refractivity contribution < 1.29 is 23.5 Å². The Morgan fingerprint density at radius 2 is 2.00 bits per heavy atom. The third kappa shape index (κ3) is 3.91. The van der Waals surface area contributed by atoms with Crippen molar-refractivity contribution in [3.63, 3.8) is 0 Å². The van der Waals surface area contributed by atoms with Crippen LogP contribution in [0.2, 0.25) is 0 Å². The minimum absolute atomic E-state index is 0.0112. The van der Waals surface area contributed by atoms with Crippen LogP contribution in [-0.2, 0) is 19.8 Å². The molecule has 1 aromatic rings. The van der Waals surface area contributed by atoms with E-state index in [1.54, 1.807) is 13.8 Å². The lowest BCUT2D eigenvalue weighted by Crippen LogP contribution is -2.07. The summed E-state index contributed by atoms with van der Waals surface area (Å²) in [6, 6.07) is 2.92. The van der Waals surface area contributed by atoms with Gasteiger partial charge in [0.25, 0.3) is 0 Å². The van der Waals surface area contributed by atoms with E-state index < -0.39 is 13.6 Å². The van der Waals surface area contributed by atoms with Gasteiger partial charge in [0, 0.05) is 6.20 Å². The highest BCUT2D eigenvalue weighted by molar-refractivity contribution is 7.53. The van der Waals surface area contributed by atoms with E-state index in [1.807, 2.05) is 0 Å². The molecule has 0 saturated heterocycles. The van der Waals surface area contributed by atoms with E-state index in [9.17, 15) is 9.36 Å². The van der Waals surface area contributed by atoms with Crippen LogP contribution in [0.15, 0.2) is 18.3 Å². The van der Waals surface area contributed by atoms with E-state index in [0.717, 1.165) is 0 Å². The maximum Gasteiger partial charge on any atom is 0.337 e. The van der Waals surface area contributed by atoms with Crippen LogP contribution in [0.5, 0.6) is 0 Å². The summed E-state index contributed by atoms with van der Waals surface area (Å²) in [5.74, 6) is -1.11. The zero-order valence-electron chi connectivity index (χ0n) is 10.3. The van der Waals surface area contributed by atoms with Gasteiger partial charge in [0.05, 0.1) is 30.6 Å². The normalized spacial score (nSPS) is 11.4. The summed E-state index contributed by atoms with van der Waals surface area (Å²) >= 11 is 0. The zero-order valence-corrected chi connectivity index (χ0v) is 11.2. The highest BCUT2D eigenvalue weighted by Crippen LogP contribution is 2.51. The Hall–Kier alpha value is -1.23. The van der Waals surface area contributed by atoms with E-state index in [2.05, 4.69) is 4.98 Å². The van der Waals surface area contributed by atoms with Crippen molar-refractivity contribution in [1.29, 1.82) is 0 Å². The molecule has 0 saturated carbocycles. The van der Waals surface area contributed by atoms with Gasteiger partial charge in [0.1, 0.15) is 0 Å². The first-order valence-electron chi connectivity index (χ1n) is 5.57. The monoisotopic (exact) mass is 273 g/mol. The van der Waals surface area contributed by atoms with Crippen LogP contribution in [-0.4, -0.2) is 29.3 Å². The van der Waals surface area contributed by atoms with Gasteiger partial charge >= 0.3 is 13.6 Å². The molecule has 1 N–H and O–H groups in total. The number of pyridine rings is 1. The average molecular weight is 273 g/mol. The number of carboxylic acid groups (broad SMARTS) is 1. The van der Waals surface area contributed by atoms with Crippen molar-refractivity contribution in [3.8, 4) is 0 Å². The summed E-state index contributed by atoms with van der Waals surface area (Å²) in [4.78, 5) is 14.9. The van der Waals surface area contributed by atoms with Crippen molar-refractivity contribution in [2.75, 3.05) is 13.2 Å². The topological polar surface area (TPSA) is 85.7 Å². The van der Waals surface area contributed by atoms with Crippen molar-refractivity contribution >= 4 is 13.6 Å². The lowest BCUT2D eigenvalue weighted by Gasteiger charge is -2.17. The van der Waals surface area contributed by atoms with Crippen LogP contribution in [0.3, 0.4) is 0 Å². The quantitative estimate of drug-likeness (QED) is 0.768. The summed E-state index contributed by atoms with van der Waals surface area (Å²) in [5.41, 5.74) is 0.215. The smallest absolute Gasteiger partial charge is 0.337 e. The number of hydrogen-bond acceptors (Lipinski definition) is 5. The van der Waals surface area contributed by atoms with E-state index in [4.69, 9.17) is 14.2 Å². The second-order valence-electron chi connectivity index (χ2n) is 3.41. The molecule has 0 spiro atoms. The standard InChI is InChI=1S/C11H16NO5P/c1-3-16-18(15,17-4-2)8-10-9(11(13)14)6-5-7-12-10/h5-7H,3-4,8H2,1-2H3,(H,13,14). The largest absolute Gasteiger partial charge is 0.478 e. The number of hydrogen-bond donors (Lipinski definition) is 1. The lowest BCUT2D eigenvalue weighted by molar-refractivity contribution is 0.0695. The Morgan fingerprint density at radius 3 is 2.50 bits per heavy atom. The summed E-state index contributed by atoms with van der Waals surface area (Å²) in [7, 11) is -3.33. The maximum absolute atomic E-state index is 12.3. The van der Waals surface area contributed by atoms with Gasteiger partial charge < -0.3 is 14.2 Å². The van der Waals surface area contributed by atoms with Crippen molar-refractivity contribution in [1.82, 2.24) is 4.98 Å². The van der Waals surface area contributed by atoms with Gasteiger partial charge in [0.2, 0.25) is 0 Å². The van der Waals surface area contributed by atoms with E-state index >= 15 is 0 Å². The predicted octanol–water partition coefficient (Wildman–Crippen LogP) is 2.55. The fourth-order valence-corrected chi connectivity index (χ4v) is 3.13. The third-order valence-corrected chi connectivity index (χ3v) is 4.11. The molecule has 0 aliphatic heterocycles. The summed E-state index contributed by atoms with van der Waals surface area (Å²) in [6.07, 6.45) is 1.31. The van der Waals surface area contributed by atoms with Crippen molar-refractivity contribution in [2.24, 2.45) is 0 Å². The number of aromatic carboxylic acids is 1. The van der Waals surface area contributed by atoms with Gasteiger partial charge in [-0.2, -0.15) is 0 Å². The molecule has 0 fully saturated rings. The second kappa shape index (κ2) is 6.64. The molecule has 0 bridgehead atoms. The Labute approximate surface area is 105 Å². The Morgan fingerprint density at radius 1 is 1.39 bits per heavy atom. The van der Waals surface area contributed by atoms with Crippen LogP contribution in [0.4, 0.5) is 0 Å². The molecule has 0 aliphatic carbocycles. The van der Waals surface area contributed by atoms with Gasteiger partial charge in [-0.3, -0.25) is 9.55 Å². The molecule has 0 unspecified atom stereocenters. The highest BCUT2D eigenvalue weighted by atomic mass is 31.2. The SMILES string of the molecule is CCOP(=O)(Cc1ncccc1C(=O)O)OCC. The Kier molecular flexibility index (Phi) is 5.47. The van der Waals surface area contributed by atoms with Crippen LogP contribution < -0.4 is 0 Å². The second-order valence-corrected chi connectivity index (χ2v) is 5.46. The molecule has 1 heterocycles. The van der Waals surface area contributed by atoms with Crippen LogP contribution >= 0.6 is 7.60 Å². The van der Waals surface area contributed by atoms with Gasteiger partial charge in [-0.25, -0.2) is 4.79 Å². The molecule has 6 nitrogen and oxygen atoms in total. The van der Waals surface area contributed by atoms with Gasteiger partial charge in [0.15, 0.2) is 0 Å².